The van der Waals surface area contributed by atoms with Crippen molar-refractivity contribution >= 4 is 11.5 Å². The van der Waals surface area contributed by atoms with E-state index >= 15 is 0 Å². The van der Waals surface area contributed by atoms with Gasteiger partial charge in [0, 0.05) is 12.6 Å². The Bertz CT molecular complexity index is 402. The van der Waals surface area contributed by atoms with Crippen LogP contribution in [0.4, 0.5) is 11.5 Å². The van der Waals surface area contributed by atoms with E-state index in [1.807, 2.05) is 11.7 Å². The number of nitrogens with zero attached hydrogens (tertiary/aromatic N) is 2. The van der Waals surface area contributed by atoms with Gasteiger partial charge in [0.1, 0.15) is 5.82 Å². The maximum atomic E-state index is 6.17. The number of anilines is 2. The second-order valence-electron chi connectivity index (χ2n) is 5.70. The van der Waals surface area contributed by atoms with Gasteiger partial charge in [-0.1, -0.05) is 13.3 Å². The lowest BCUT2D eigenvalue weighted by Crippen LogP contribution is -2.34. The summed E-state index contributed by atoms with van der Waals surface area (Å²) in [6.07, 6.45) is 4.66. The summed E-state index contributed by atoms with van der Waals surface area (Å²) in [4.78, 5) is 0. The molecule has 1 heterocycles. The van der Waals surface area contributed by atoms with Crippen LogP contribution in [0.3, 0.4) is 0 Å². The number of nitrogen functional groups attached to an aromatic ring is 1. The molecular formula is C13H24N4. The van der Waals surface area contributed by atoms with Crippen molar-refractivity contribution in [1.29, 1.82) is 0 Å². The fraction of sp³-hybridized carbons (Fsp3) is 0.769. The molecule has 0 aliphatic heterocycles. The number of hydrogen-bond donors (Lipinski definition) is 2. The van der Waals surface area contributed by atoms with Crippen molar-refractivity contribution in [3.63, 3.8) is 0 Å². The number of hydrogen-bond acceptors (Lipinski definition) is 3. The Labute approximate surface area is 104 Å². The molecule has 4 heteroatoms. The molecule has 1 fully saturated rings. The number of aromatic nitrogens is 2. The van der Waals surface area contributed by atoms with Gasteiger partial charge in [-0.05, 0) is 39.0 Å². The molecule has 0 spiro atoms. The maximum Gasteiger partial charge on any atom is 0.148 e. The van der Waals surface area contributed by atoms with Crippen LogP contribution < -0.4 is 11.1 Å². The van der Waals surface area contributed by atoms with E-state index < -0.39 is 0 Å². The summed E-state index contributed by atoms with van der Waals surface area (Å²) in [6, 6.07) is 0. The van der Waals surface area contributed by atoms with Crippen LogP contribution in [-0.2, 0) is 13.5 Å². The minimum atomic E-state index is 0.116. The third kappa shape index (κ3) is 2.40. The first-order chi connectivity index (χ1) is 7.95. The molecule has 1 aliphatic carbocycles. The van der Waals surface area contributed by atoms with E-state index in [0.29, 0.717) is 0 Å². The van der Waals surface area contributed by atoms with Crippen LogP contribution in [-0.4, -0.2) is 15.3 Å². The van der Waals surface area contributed by atoms with Crippen LogP contribution in [0.15, 0.2) is 0 Å². The van der Waals surface area contributed by atoms with Gasteiger partial charge in [-0.2, -0.15) is 5.10 Å². The van der Waals surface area contributed by atoms with Gasteiger partial charge in [0.05, 0.1) is 11.4 Å². The molecule has 0 amide bonds. The van der Waals surface area contributed by atoms with Gasteiger partial charge in [-0.15, -0.1) is 0 Å². The molecule has 2 rings (SSSR count). The molecule has 0 aromatic carbocycles. The molecule has 0 atom stereocenters. The van der Waals surface area contributed by atoms with E-state index in [-0.39, 0.29) is 5.54 Å². The first-order valence-electron chi connectivity index (χ1n) is 6.55. The number of nitrogens with one attached hydrogen (secondary N) is 1. The minimum Gasteiger partial charge on any atom is -0.394 e. The predicted octanol–water partition coefficient (Wildman–Crippen LogP) is 2.56. The van der Waals surface area contributed by atoms with Gasteiger partial charge >= 0.3 is 0 Å². The standard InChI is InChI=1S/C13H24N4/c1-5-6-10-11(14)12(17(4)16-10)15-13(2,3)9-7-8-9/h9,15H,5-8,14H2,1-4H3. The van der Waals surface area contributed by atoms with Crippen molar-refractivity contribution in [2.75, 3.05) is 11.1 Å². The molecule has 1 aromatic rings. The lowest BCUT2D eigenvalue weighted by atomic mass is 9.99. The summed E-state index contributed by atoms with van der Waals surface area (Å²) in [6.45, 7) is 6.64. The highest BCUT2D eigenvalue weighted by molar-refractivity contribution is 5.66. The number of aryl methyl sites for hydroxylation is 2. The Morgan fingerprint density at radius 3 is 2.65 bits per heavy atom. The van der Waals surface area contributed by atoms with Gasteiger partial charge in [0.25, 0.3) is 0 Å². The van der Waals surface area contributed by atoms with E-state index in [1.54, 1.807) is 0 Å². The molecule has 17 heavy (non-hydrogen) atoms. The zero-order valence-corrected chi connectivity index (χ0v) is 11.4. The Morgan fingerprint density at radius 2 is 2.12 bits per heavy atom. The first-order valence-corrected chi connectivity index (χ1v) is 6.55. The first kappa shape index (κ1) is 12.3. The Kier molecular flexibility index (Phi) is 3.06. The monoisotopic (exact) mass is 236 g/mol. The highest BCUT2D eigenvalue weighted by Crippen LogP contribution is 2.42. The van der Waals surface area contributed by atoms with Crippen LogP contribution in [0, 0.1) is 5.92 Å². The topological polar surface area (TPSA) is 55.9 Å². The van der Waals surface area contributed by atoms with Crippen molar-refractivity contribution in [3.05, 3.63) is 5.69 Å². The summed E-state index contributed by atoms with van der Waals surface area (Å²) in [5, 5.41) is 8.06. The number of nitrogens with two attached hydrogens (primary N) is 1. The number of rotatable bonds is 5. The molecule has 96 valence electrons. The van der Waals surface area contributed by atoms with Crippen LogP contribution in [0.25, 0.3) is 0 Å². The zero-order valence-electron chi connectivity index (χ0n) is 11.4. The predicted molar refractivity (Wildman–Crippen MR) is 72.0 cm³/mol. The van der Waals surface area contributed by atoms with E-state index in [2.05, 4.69) is 31.2 Å². The summed E-state index contributed by atoms with van der Waals surface area (Å²) in [5.41, 5.74) is 8.13. The second kappa shape index (κ2) is 4.24. The van der Waals surface area contributed by atoms with Gasteiger partial charge in [0.15, 0.2) is 0 Å². The smallest absolute Gasteiger partial charge is 0.148 e. The normalized spacial score (nSPS) is 16.2. The van der Waals surface area contributed by atoms with Crippen molar-refractivity contribution in [3.8, 4) is 0 Å². The molecule has 1 aliphatic rings. The van der Waals surface area contributed by atoms with Crippen LogP contribution in [0.1, 0.15) is 45.7 Å². The minimum absolute atomic E-state index is 0.116. The van der Waals surface area contributed by atoms with Crippen molar-refractivity contribution in [1.82, 2.24) is 9.78 Å². The Hall–Kier alpha value is -1.19. The zero-order chi connectivity index (χ0) is 12.6. The van der Waals surface area contributed by atoms with E-state index in [1.165, 1.54) is 12.8 Å². The van der Waals surface area contributed by atoms with Crippen molar-refractivity contribution < 1.29 is 0 Å². The molecule has 0 radical (unpaired) electrons. The summed E-state index contributed by atoms with van der Waals surface area (Å²) in [7, 11) is 1.96. The summed E-state index contributed by atoms with van der Waals surface area (Å²) >= 11 is 0. The SMILES string of the molecule is CCCc1nn(C)c(NC(C)(C)C2CC2)c1N. The molecule has 1 aromatic heterocycles. The molecule has 4 nitrogen and oxygen atoms in total. The van der Waals surface area contributed by atoms with Crippen LogP contribution >= 0.6 is 0 Å². The maximum absolute atomic E-state index is 6.17. The lowest BCUT2D eigenvalue weighted by molar-refractivity contribution is 0.488. The Balaban J connectivity index is 2.20. The molecule has 3 N–H and O–H groups in total. The van der Waals surface area contributed by atoms with Gasteiger partial charge < -0.3 is 11.1 Å². The van der Waals surface area contributed by atoms with Gasteiger partial charge in [-0.3, -0.25) is 4.68 Å². The molecular weight excluding hydrogens is 212 g/mol. The quantitative estimate of drug-likeness (QED) is 0.826. The van der Waals surface area contributed by atoms with Gasteiger partial charge in [-0.25, -0.2) is 0 Å². The summed E-state index contributed by atoms with van der Waals surface area (Å²) < 4.78 is 1.88. The van der Waals surface area contributed by atoms with Crippen LogP contribution in [0.2, 0.25) is 0 Å². The van der Waals surface area contributed by atoms with Crippen molar-refractivity contribution in [2.45, 2.75) is 52.0 Å². The second-order valence-corrected chi connectivity index (χ2v) is 5.70. The van der Waals surface area contributed by atoms with E-state index in [0.717, 1.165) is 36.0 Å². The van der Waals surface area contributed by atoms with Crippen LogP contribution in [0.5, 0.6) is 0 Å². The third-order valence-corrected chi connectivity index (χ3v) is 3.69. The van der Waals surface area contributed by atoms with E-state index in [4.69, 9.17) is 5.73 Å². The lowest BCUT2D eigenvalue weighted by Gasteiger charge is -2.27. The molecule has 0 bridgehead atoms. The average Bonchev–Trinajstić information content (AvgIpc) is 3.05. The Morgan fingerprint density at radius 1 is 1.47 bits per heavy atom. The van der Waals surface area contributed by atoms with E-state index in [9.17, 15) is 0 Å². The summed E-state index contributed by atoms with van der Waals surface area (Å²) in [5.74, 6) is 1.75. The fourth-order valence-electron chi connectivity index (χ4n) is 2.38. The van der Waals surface area contributed by atoms with Gasteiger partial charge in [0.2, 0.25) is 0 Å². The molecule has 0 saturated heterocycles. The fourth-order valence-corrected chi connectivity index (χ4v) is 2.38. The average molecular weight is 236 g/mol. The molecule has 1 saturated carbocycles. The molecule has 0 unspecified atom stereocenters. The highest BCUT2D eigenvalue weighted by atomic mass is 15.3. The highest BCUT2D eigenvalue weighted by Gasteiger charge is 2.38. The van der Waals surface area contributed by atoms with Crippen molar-refractivity contribution in [2.24, 2.45) is 13.0 Å². The largest absolute Gasteiger partial charge is 0.394 e. The third-order valence-electron chi connectivity index (χ3n) is 3.69.